The Bertz CT molecular complexity index is 292. The first-order chi connectivity index (χ1) is 9.20. The highest BCUT2D eigenvalue weighted by molar-refractivity contribution is 5.76. The maximum absolute atomic E-state index is 12.2. The van der Waals surface area contributed by atoms with Crippen molar-refractivity contribution in [1.82, 2.24) is 15.1 Å². The maximum Gasteiger partial charge on any atom is 0.225 e. The summed E-state index contributed by atoms with van der Waals surface area (Å²) in [6.45, 7) is 7.72. The normalized spacial score (nSPS) is 28.5. The highest BCUT2D eigenvalue weighted by Gasteiger charge is 2.26. The number of amides is 1. The Morgan fingerprint density at radius 1 is 1.53 bits per heavy atom. The molecule has 0 aromatic carbocycles. The third-order valence-electron chi connectivity index (χ3n) is 4.22. The van der Waals surface area contributed by atoms with Gasteiger partial charge in [-0.05, 0) is 25.9 Å². The molecule has 5 nitrogen and oxygen atoms in total. The predicted octanol–water partition coefficient (Wildman–Crippen LogP) is 0.308. The summed E-state index contributed by atoms with van der Waals surface area (Å²) in [5, 5.41) is 3.26. The molecule has 0 aromatic heterocycles. The molecule has 0 aliphatic carbocycles. The molecule has 2 unspecified atom stereocenters. The first-order valence-corrected chi connectivity index (χ1v) is 7.51. The fourth-order valence-electron chi connectivity index (χ4n) is 3.04. The number of carbonyl (C=O) groups excluding carboxylic acids is 1. The van der Waals surface area contributed by atoms with E-state index in [-0.39, 0.29) is 12.0 Å². The lowest BCUT2D eigenvalue weighted by Gasteiger charge is -2.29. The Morgan fingerprint density at radius 2 is 2.37 bits per heavy atom. The molecule has 2 rings (SSSR count). The third kappa shape index (κ3) is 4.16. The molecule has 2 fully saturated rings. The monoisotopic (exact) mass is 269 g/mol. The number of nitrogens with one attached hydrogen (secondary N) is 1. The molecular formula is C14H27N3O2. The van der Waals surface area contributed by atoms with E-state index in [0.29, 0.717) is 19.1 Å². The smallest absolute Gasteiger partial charge is 0.225 e. The van der Waals surface area contributed by atoms with Gasteiger partial charge in [0.1, 0.15) is 0 Å². The van der Waals surface area contributed by atoms with E-state index >= 15 is 0 Å². The van der Waals surface area contributed by atoms with Crippen molar-refractivity contribution < 1.29 is 9.53 Å². The van der Waals surface area contributed by atoms with Gasteiger partial charge >= 0.3 is 0 Å². The van der Waals surface area contributed by atoms with Crippen molar-refractivity contribution in [2.24, 2.45) is 0 Å². The minimum atomic E-state index is 0.0505. The van der Waals surface area contributed by atoms with Gasteiger partial charge in [-0.2, -0.15) is 0 Å². The lowest BCUT2D eigenvalue weighted by Crippen LogP contribution is -2.44. The van der Waals surface area contributed by atoms with Crippen molar-refractivity contribution in [2.45, 2.75) is 38.3 Å². The van der Waals surface area contributed by atoms with Crippen LogP contribution in [0.4, 0.5) is 0 Å². The second-order valence-electron chi connectivity index (χ2n) is 5.60. The molecule has 0 aromatic rings. The second-order valence-corrected chi connectivity index (χ2v) is 5.60. The summed E-state index contributed by atoms with van der Waals surface area (Å²) < 4.78 is 5.59. The molecule has 1 N–H and O–H groups in total. The Balaban J connectivity index is 1.75. The molecule has 5 heteroatoms. The summed E-state index contributed by atoms with van der Waals surface area (Å²) in [5.74, 6) is 0.205. The molecule has 1 amide bonds. The molecular weight excluding hydrogens is 242 g/mol. The third-order valence-corrected chi connectivity index (χ3v) is 4.22. The summed E-state index contributed by atoms with van der Waals surface area (Å²) in [7, 11) is 1.92. The predicted molar refractivity (Wildman–Crippen MR) is 75.1 cm³/mol. The summed E-state index contributed by atoms with van der Waals surface area (Å²) in [5.41, 5.74) is 0. The van der Waals surface area contributed by atoms with Crippen LogP contribution in [-0.4, -0.2) is 74.2 Å². The first kappa shape index (κ1) is 14.8. The van der Waals surface area contributed by atoms with Gasteiger partial charge in [0.15, 0.2) is 0 Å². The van der Waals surface area contributed by atoms with Crippen LogP contribution in [0.3, 0.4) is 0 Å². The molecule has 2 heterocycles. The SMILES string of the molecule is CCN1CCCC1CN(C)C(=O)CC1CNCCO1. The number of hydrogen-bond acceptors (Lipinski definition) is 4. The van der Waals surface area contributed by atoms with E-state index in [2.05, 4.69) is 17.1 Å². The summed E-state index contributed by atoms with van der Waals surface area (Å²) in [4.78, 5) is 16.6. The summed E-state index contributed by atoms with van der Waals surface area (Å²) in [6.07, 6.45) is 3.03. The number of ether oxygens (including phenoxy) is 1. The summed E-state index contributed by atoms with van der Waals surface area (Å²) >= 11 is 0. The number of morpholine rings is 1. The Labute approximate surface area is 116 Å². The average Bonchev–Trinajstić information content (AvgIpc) is 2.87. The largest absolute Gasteiger partial charge is 0.375 e. The molecule has 0 spiro atoms. The molecule has 2 atom stereocenters. The van der Waals surface area contributed by atoms with Crippen LogP contribution in [0.1, 0.15) is 26.2 Å². The van der Waals surface area contributed by atoms with Gasteiger partial charge in [0.05, 0.1) is 19.1 Å². The van der Waals surface area contributed by atoms with Gasteiger partial charge in [0.25, 0.3) is 0 Å². The van der Waals surface area contributed by atoms with Crippen LogP contribution in [0.2, 0.25) is 0 Å². The van der Waals surface area contributed by atoms with Crippen LogP contribution >= 0.6 is 0 Å². The van der Waals surface area contributed by atoms with Gasteiger partial charge in [-0.3, -0.25) is 9.69 Å². The second kappa shape index (κ2) is 7.22. The van der Waals surface area contributed by atoms with E-state index in [9.17, 15) is 4.79 Å². The lowest BCUT2D eigenvalue weighted by atomic mass is 10.1. The number of hydrogen-bond donors (Lipinski definition) is 1. The molecule has 2 saturated heterocycles. The van der Waals surface area contributed by atoms with Gasteiger partial charge in [-0.1, -0.05) is 6.92 Å². The zero-order valence-electron chi connectivity index (χ0n) is 12.2. The topological polar surface area (TPSA) is 44.8 Å². The average molecular weight is 269 g/mol. The minimum Gasteiger partial charge on any atom is -0.375 e. The Kier molecular flexibility index (Phi) is 5.60. The molecule has 110 valence electrons. The van der Waals surface area contributed by atoms with E-state index in [1.807, 2.05) is 11.9 Å². The van der Waals surface area contributed by atoms with Crippen molar-refractivity contribution in [2.75, 3.05) is 46.4 Å². The zero-order chi connectivity index (χ0) is 13.7. The fourth-order valence-corrected chi connectivity index (χ4v) is 3.04. The van der Waals surface area contributed by atoms with E-state index in [4.69, 9.17) is 4.74 Å². The fraction of sp³-hybridized carbons (Fsp3) is 0.929. The van der Waals surface area contributed by atoms with Crippen molar-refractivity contribution in [3.8, 4) is 0 Å². The van der Waals surface area contributed by atoms with Crippen molar-refractivity contribution in [1.29, 1.82) is 0 Å². The van der Waals surface area contributed by atoms with Gasteiger partial charge in [-0.25, -0.2) is 0 Å². The van der Waals surface area contributed by atoms with Crippen LogP contribution in [0.5, 0.6) is 0 Å². The van der Waals surface area contributed by atoms with Crippen molar-refractivity contribution >= 4 is 5.91 Å². The van der Waals surface area contributed by atoms with Crippen LogP contribution in [0.15, 0.2) is 0 Å². The Hall–Kier alpha value is -0.650. The minimum absolute atomic E-state index is 0.0505. The highest BCUT2D eigenvalue weighted by atomic mass is 16.5. The molecule has 19 heavy (non-hydrogen) atoms. The molecule has 0 saturated carbocycles. The van der Waals surface area contributed by atoms with E-state index < -0.39 is 0 Å². The maximum atomic E-state index is 12.2. The van der Waals surface area contributed by atoms with Gasteiger partial charge < -0.3 is 15.0 Å². The quantitative estimate of drug-likeness (QED) is 0.780. The first-order valence-electron chi connectivity index (χ1n) is 7.51. The number of carbonyl (C=O) groups is 1. The van der Waals surface area contributed by atoms with E-state index in [1.54, 1.807) is 0 Å². The lowest BCUT2D eigenvalue weighted by molar-refractivity contribution is -0.134. The number of nitrogens with zero attached hydrogens (tertiary/aromatic N) is 2. The van der Waals surface area contributed by atoms with Crippen molar-refractivity contribution in [3.05, 3.63) is 0 Å². The molecule has 2 aliphatic heterocycles. The highest BCUT2D eigenvalue weighted by Crippen LogP contribution is 2.17. The van der Waals surface area contributed by atoms with Crippen LogP contribution < -0.4 is 5.32 Å². The molecule has 0 radical (unpaired) electrons. The van der Waals surface area contributed by atoms with E-state index in [0.717, 1.165) is 26.2 Å². The number of likely N-dealkylation sites (tertiary alicyclic amines) is 1. The standard InChI is InChI=1S/C14H27N3O2/c1-3-17-7-4-5-12(17)11-16(2)14(18)9-13-10-15-6-8-19-13/h12-13,15H,3-11H2,1-2H3. The zero-order valence-corrected chi connectivity index (χ0v) is 12.2. The Morgan fingerprint density at radius 3 is 3.05 bits per heavy atom. The number of rotatable bonds is 5. The number of likely N-dealkylation sites (N-methyl/N-ethyl adjacent to an activating group) is 2. The molecule has 2 aliphatic rings. The summed E-state index contributed by atoms with van der Waals surface area (Å²) in [6, 6.07) is 0.546. The van der Waals surface area contributed by atoms with Crippen LogP contribution in [-0.2, 0) is 9.53 Å². The van der Waals surface area contributed by atoms with Gasteiger partial charge in [0, 0.05) is 32.7 Å². The van der Waals surface area contributed by atoms with E-state index in [1.165, 1.54) is 19.4 Å². The van der Waals surface area contributed by atoms with Gasteiger partial charge in [0.2, 0.25) is 5.91 Å². The van der Waals surface area contributed by atoms with Crippen molar-refractivity contribution in [3.63, 3.8) is 0 Å². The van der Waals surface area contributed by atoms with Crippen LogP contribution in [0, 0.1) is 0 Å². The molecule has 0 bridgehead atoms. The van der Waals surface area contributed by atoms with Gasteiger partial charge in [-0.15, -0.1) is 0 Å². The van der Waals surface area contributed by atoms with Crippen LogP contribution in [0.25, 0.3) is 0 Å².